The predicted molar refractivity (Wildman–Crippen MR) is 55.9 cm³/mol. The van der Waals surface area contributed by atoms with Crippen LogP contribution in [0.3, 0.4) is 0 Å². The zero-order chi connectivity index (χ0) is 9.10. The van der Waals surface area contributed by atoms with E-state index in [9.17, 15) is 0 Å². The third-order valence-electron chi connectivity index (χ3n) is 3.61. The van der Waals surface area contributed by atoms with E-state index in [0.717, 1.165) is 12.1 Å². The van der Waals surface area contributed by atoms with Gasteiger partial charge < -0.3 is 5.32 Å². The highest BCUT2D eigenvalue weighted by Gasteiger charge is 2.26. The third-order valence-corrected chi connectivity index (χ3v) is 3.61. The van der Waals surface area contributed by atoms with Crippen LogP contribution in [0.2, 0.25) is 0 Å². The molecular weight excluding hydrogens is 160 g/mol. The van der Waals surface area contributed by atoms with Gasteiger partial charge in [0.05, 0.1) is 0 Å². The van der Waals surface area contributed by atoms with Gasteiger partial charge in [0.15, 0.2) is 0 Å². The summed E-state index contributed by atoms with van der Waals surface area (Å²) < 4.78 is 0. The SMILES string of the molecule is CCN(CC1CCCN1)C1CCC1. The standard InChI is InChI=1S/C11H22N2/c1-2-13(11-6-3-7-11)9-10-5-4-8-12-10/h10-12H,2-9H2,1H3. The second-order valence-corrected chi connectivity index (χ2v) is 4.47. The first kappa shape index (κ1) is 9.47. The maximum Gasteiger partial charge on any atom is 0.0195 e. The molecule has 0 radical (unpaired) electrons. The van der Waals surface area contributed by atoms with Crippen LogP contribution in [0.4, 0.5) is 0 Å². The van der Waals surface area contributed by atoms with E-state index in [2.05, 4.69) is 17.1 Å². The van der Waals surface area contributed by atoms with Crippen LogP contribution >= 0.6 is 0 Å². The average Bonchev–Trinajstić information content (AvgIpc) is 2.52. The molecule has 1 N–H and O–H groups in total. The molecule has 1 saturated carbocycles. The van der Waals surface area contributed by atoms with Crippen LogP contribution < -0.4 is 5.32 Å². The van der Waals surface area contributed by atoms with Crippen LogP contribution in [0, 0.1) is 0 Å². The molecule has 1 atom stereocenters. The van der Waals surface area contributed by atoms with Crippen LogP contribution in [0.1, 0.15) is 39.0 Å². The maximum absolute atomic E-state index is 3.58. The van der Waals surface area contributed by atoms with Crippen LogP contribution in [-0.2, 0) is 0 Å². The minimum Gasteiger partial charge on any atom is -0.313 e. The summed E-state index contributed by atoms with van der Waals surface area (Å²) >= 11 is 0. The van der Waals surface area contributed by atoms with Crippen LogP contribution in [-0.4, -0.2) is 36.6 Å². The van der Waals surface area contributed by atoms with Gasteiger partial charge >= 0.3 is 0 Å². The number of rotatable bonds is 4. The Morgan fingerprint density at radius 1 is 1.23 bits per heavy atom. The van der Waals surface area contributed by atoms with Crippen molar-refractivity contribution in [2.24, 2.45) is 0 Å². The fraction of sp³-hybridized carbons (Fsp3) is 1.00. The summed E-state index contributed by atoms with van der Waals surface area (Å²) in [6.07, 6.45) is 7.12. The molecule has 2 aliphatic rings. The van der Waals surface area contributed by atoms with Crippen molar-refractivity contribution in [3.8, 4) is 0 Å². The number of hydrogen-bond acceptors (Lipinski definition) is 2. The minimum atomic E-state index is 0.792. The largest absolute Gasteiger partial charge is 0.313 e. The Morgan fingerprint density at radius 2 is 2.08 bits per heavy atom. The molecule has 2 fully saturated rings. The lowest BCUT2D eigenvalue weighted by Gasteiger charge is -2.38. The molecule has 13 heavy (non-hydrogen) atoms. The molecule has 0 amide bonds. The van der Waals surface area contributed by atoms with Gasteiger partial charge in [0.1, 0.15) is 0 Å². The molecule has 1 aliphatic carbocycles. The molecule has 2 rings (SSSR count). The van der Waals surface area contributed by atoms with E-state index in [-0.39, 0.29) is 0 Å². The summed E-state index contributed by atoms with van der Waals surface area (Å²) in [5.41, 5.74) is 0. The minimum absolute atomic E-state index is 0.792. The van der Waals surface area contributed by atoms with E-state index in [1.54, 1.807) is 0 Å². The molecule has 0 aromatic rings. The summed E-state index contributed by atoms with van der Waals surface area (Å²) in [7, 11) is 0. The molecule has 1 heterocycles. The van der Waals surface area contributed by atoms with Gasteiger partial charge in [-0.1, -0.05) is 13.3 Å². The van der Waals surface area contributed by atoms with Crippen molar-refractivity contribution in [2.45, 2.75) is 51.1 Å². The van der Waals surface area contributed by atoms with Crippen molar-refractivity contribution in [3.05, 3.63) is 0 Å². The zero-order valence-corrected chi connectivity index (χ0v) is 8.76. The smallest absolute Gasteiger partial charge is 0.0195 e. The van der Waals surface area contributed by atoms with Crippen molar-refractivity contribution in [2.75, 3.05) is 19.6 Å². The van der Waals surface area contributed by atoms with Crippen molar-refractivity contribution in [3.63, 3.8) is 0 Å². The lowest BCUT2D eigenvalue weighted by Crippen LogP contribution is -2.46. The van der Waals surface area contributed by atoms with Gasteiger partial charge in [-0.25, -0.2) is 0 Å². The highest BCUT2D eigenvalue weighted by atomic mass is 15.2. The quantitative estimate of drug-likeness (QED) is 0.710. The van der Waals surface area contributed by atoms with E-state index in [0.29, 0.717) is 0 Å². The molecule has 0 aromatic heterocycles. The number of likely N-dealkylation sites (N-methyl/N-ethyl adjacent to an activating group) is 1. The maximum atomic E-state index is 3.58. The van der Waals surface area contributed by atoms with Crippen LogP contribution in [0.15, 0.2) is 0 Å². The van der Waals surface area contributed by atoms with Crippen LogP contribution in [0.5, 0.6) is 0 Å². The normalized spacial score (nSPS) is 29.5. The molecule has 0 aromatic carbocycles. The number of nitrogens with one attached hydrogen (secondary N) is 1. The molecule has 2 nitrogen and oxygen atoms in total. The molecular formula is C11H22N2. The molecule has 0 bridgehead atoms. The van der Waals surface area contributed by atoms with E-state index in [1.165, 1.54) is 51.7 Å². The van der Waals surface area contributed by atoms with Crippen LogP contribution in [0.25, 0.3) is 0 Å². The lowest BCUT2D eigenvalue weighted by atomic mass is 9.91. The fourth-order valence-corrected chi connectivity index (χ4v) is 2.48. The van der Waals surface area contributed by atoms with Crippen molar-refractivity contribution < 1.29 is 0 Å². The number of hydrogen-bond donors (Lipinski definition) is 1. The monoisotopic (exact) mass is 182 g/mol. The molecule has 1 saturated heterocycles. The summed E-state index contributed by atoms with van der Waals surface area (Å²) in [5.74, 6) is 0. The molecule has 0 spiro atoms. The van der Waals surface area contributed by atoms with Gasteiger partial charge in [0, 0.05) is 18.6 Å². The molecule has 2 heteroatoms. The van der Waals surface area contributed by atoms with Gasteiger partial charge in [-0.05, 0) is 38.8 Å². The van der Waals surface area contributed by atoms with Crippen molar-refractivity contribution in [1.82, 2.24) is 10.2 Å². The molecule has 1 unspecified atom stereocenters. The van der Waals surface area contributed by atoms with E-state index < -0.39 is 0 Å². The highest BCUT2D eigenvalue weighted by Crippen LogP contribution is 2.25. The number of nitrogens with zero attached hydrogens (tertiary/aromatic N) is 1. The first-order chi connectivity index (χ1) is 6.40. The van der Waals surface area contributed by atoms with Gasteiger partial charge in [-0.2, -0.15) is 0 Å². The van der Waals surface area contributed by atoms with Crippen molar-refractivity contribution >= 4 is 0 Å². The Kier molecular flexibility index (Phi) is 3.23. The lowest BCUT2D eigenvalue weighted by molar-refractivity contribution is 0.123. The van der Waals surface area contributed by atoms with E-state index >= 15 is 0 Å². The second-order valence-electron chi connectivity index (χ2n) is 4.47. The van der Waals surface area contributed by atoms with Crippen molar-refractivity contribution in [1.29, 1.82) is 0 Å². The first-order valence-corrected chi connectivity index (χ1v) is 5.87. The van der Waals surface area contributed by atoms with Gasteiger partial charge in [-0.3, -0.25) is 4.90 Å². The Bertz CT molecular complexity index is 148. The summed E-state index contributed by atoms with van der Waals surface area (Å²) in [6.45, 7) is 6.07. The Hall–Kier alpha value is -0.0800. The van der Waals surface area contributed by atoms with Gasteiger partial charge in [0.2, 0.25) is 0 Å². The Morgan fingerprint density at radius 3 is 2.54 bits per heavy atom. The van der Waals surface area contributed by atoms with Gasteiger partial charge in [-0.15, -0.1) is 0 Å². The van der Waals surface area contributed by atoms with Gasteiger partial charge in [0.25, 0.3) is 0 Å². The zero-order valence-electron chi connectivity index (χ0n) is 8.76. The summed E-state index contributed by atoms with van der Waals surface area (Å²) in [4.78, 5) is 2.67. The fourth-order valence-electron chi connectivity index (χ4n) is 2.48. The summed E-state index contributed by atoms with van der Waals surface area (Å²) in [6, 6.07) is 1.72. The predicted octanol–water partition coefficient (Wildman–Crippen LogP) is 1.61. The first-order valence-electron chi connectivity index (χ1n) is 5.87. The highest BCUT2D eigenvalue weighted by molar-refractivity contribution is 4.84. The Labute approximate surface area is 81.7 Å². The van der Waals surface area contributed by atoms with E-state index in [4.69, 9.17) is 0 Å². The van der Waals surface area contributed by atoms with E-state index in [1.807, 2.05) is 0 Å². The summed E-state index contributed by atoms with van der Waals surface area (Å²) in [5, 5.41) is 3.58. The third kappa shape index (κ3) is 2.23. The second kappa shape index (κ2) is 4.43. The average molecular weight is 182 g/mol. The molecule has 1 aliphatic heterocycles. The topological polar surface area (TPSA) is 15.3 Å². The Balaban J connectivity index is 1.75. The molecule has 76 valence electrons.